The van der Waals surface area contributed by atoms with Gasteiger partial charge in [-0.25, -0.2) is 19.6 Å². The largest absolute Gasteiger partial charge is 0.477 e. The number of aromatic carboxylic acids is 2. The summed E-state index contributed by atoms with van der Waals surface area (Å²) in [6.45, 7) is 8.86. The number of fused-ring (bicyclic) bond motifs is 2. The van der Waals surface area contributed by atoms with Crippen LogP contribution in [0.4, 0.5) is 0 Å². The van der Waals surface area contributed by atoms with Crippen LogP contribution in [-0.2, 0) is 33.9 Å². The van der Waals surface area contributed by atoms with E-state index in [9.17, 15) is 9.59 Å². The van der Waals surface area contributed by atoms with Gasteiger partial charge < -0.3 is 19.7 Å². The number of carboxylic acids is 2. The van der Waals surface area contributed by atoms with Crippen LogP contribution in [-0.4, -0.2) is 32.1 Å². The number of hydrogen-bond acceptors (Lipinski definition) is 6. The van der Waals surface area contributed by atoms with E-state index in [1.807, 2.05) is 33.8 Å². The van der Waals surface area contributed by atoms with Crippen LogP contribution in [0.25, 0.3) is 0 Å². The van der Waals surface area contributed by atoms with Gasteiger partial charge in [0, 0.05) is 23.5 Å². The predicted molar refractivity (Wildman–Crippen MR) is 107 cm³/mol. The van der Waals surface area contributed by atoms with Crippen molar-refractivity contribution in [2.45, 2.75) is 65.0 Å². The molecule has 0 aliphatic carbocycles. The monoisotopic (exact) mass is 414 g/mol. The zero-order valence-corrected chi connectivity index (χ0v) is 17.6. The van der Waals surface area contributed by atoms with Gasteiger partial charge in [0.2, 0.25) is 0 Å². The third kappa shape index (κ3) is 3.80. The summed E-state index contributed by atoms with van der Waals surface area (Å²) in [6, 6.07) is 3.46. The molecule has 8 nitrogen and oxygen atoms in total. The molecular formula is C22H26N2O6. The number of rotatable bonds is 4. The molecule has 2 aromatic heterocycles. The summed E-state index contributed by atoms with van der Waals surface area (Å²) >= 11 is 0. The van der Waals surface area contributed by atoms with Gasteiger partial charge in [-0.05, 0) is 49.9 Å². The Morgan fingerprint density at radius 3 is 2.23 bits per heavy atom. The van der Waals surface area contributed by atoms with Crippen molar-refractivity contribution in [3.05, 3.63) is 58.2 Å². The molecule has 0 saturated carbocycles. The molecule has 2 N–H and O–H groups in total. The van der Waals surface area contributed by atoms with Crippen LogP contribution in [0.15, 0.2) is 24.5 Å². The highest BCUT2D eigenvalue weighted by molar-refractivity contribution is 5.87. The molecule has 2 unspecified atom stereocenters. The van der Waals surface area contributed by atoms with E-state index >= 15 is 0 Å². The van der Waals surface area contributed by atoms with Crippen molar-refractivity contribution in [1.82, 2.24) is 9.97 Å². The molecular weight excluding hydrogens is 388 g/mol. The van der Waals surface area contributed by atoms with Gasteiger partial charge in [0.1, 0.15) is 5.69 Å². The number of pyridine rings is 2. The molecule has 0 bridgehead atoms. The molecule has 30 heavy (non-hydrogen) atoms. The topological polar surface area (TPSA) is 119 Å². The van der Waals surface area contributed by atoms with Gasteiger partial charge in [0.05, 0.1) is 24.4 Å². The standard InChI is InChI=1S/2C11H13NO3/c1-3-11(2)8-4-9(10(13)14)12-5-7(8)6-15-11;1-3-11(2)8-4-5-12-9(10(13)14)7(8)6-15-11/h2*4-5H,3,6H2,1-2H3,(H,13,14). The first-order chi connectivity index (χ1) is 14.1. The maximum Gasteiger partial charge on any atom is 0.354 e. The second-order valence-electron chi connectivity index (χ2n) is 7.77. The van der Waals surface area contributed by atoms with E-state index in [0.29, 0.717) is 18.8 Å². The van der Waals surface area contributed by atoms with Crippen molar-refractivity contribution in [3.8, 4) is 0 Å². The summed E-state index contributed by atoms with van der Waals surface area (Å²) < 4.78 is 11.3. The predicted octanol–water partition coefficient (Wildman–Crippen LogP) is 3.87. The van der Waals surface area contributed by atoms with Gasteiger partial charge in [-0.3, -0.25) is 0 Å². The molecule has 2 aliphatic heterocycles. The Labute approximate surface area is 174 Å². The van der Waals surface area contributed by atoms with Crippen molar-refractivity contribution in [2.75, 3.05) is 0 Å². The maximum atomic E-state index is 10.9. The first-order valence-corrected chi connectivity index (χ1v) is 9.87. The molecule has 0 radical (unpaired) electrons. The lowest BCUT2D eigenvalue weighted by Crippen LogP contribution is -2.19. The van der Waals surface area contributed by atoms with E-state index < -0.39 is 11.9 Å². The fourth-order valence-corrected chi connectivity index (χ4v) is 3.74. The fraction of sp³-hybridized carbons (Fsp3) is 0.455. The number of carbonyl (C=O) groups is 2. The van der Waals surface area contributed by atoms with E-state index in [-0.39, 0.29) is 22.6 Å². The highest BCUT2D eigenvalue weighted by atomic mass is 16.5. The van der Waals surface area contributed by atoms with Gasteiger partial charge in [-0.2, -0.15) is 0 Å². The Bertz CT molecular complexity index is 984. The third-order valence-corrected chi connectivity index (χ3v) is 6.03. The van der Waals surface area contributed by atoms with Crippen molar-refractivity contribution in [3.63, 3.8) is 0 Å². The maximum absolute atomic E-state index is 10.9. The highest BCUT2D eigenvalue weighted by Gasteiger charge is 2.37. The van der Waals surface area contributed by atoms with E-state index in [0.717, 1.165) is 29.5 Å². The van der Waals surface area contributed by atoms with Crippen molar-refractivity contribution in [2.24, 2.45) is 0 Å². The molecule has 8 heteroatoms. The zero-order valence-electron chi connectivity index (χ0n) is 17.6. The van der Waals surface area contributed by atoms with Gasteiger partial charge in [0.25, 0.3) is 0 Å². The van der Waals surface area contributed by atoms with Crippen LogP contribution in [0.1, 0.15) is 83.8 Å². The SMILES string of the molecule is CCC1(C)OCc2c1ccnc2C(=O)O.CCC1(C)OCc2cnc(C(=O)O)cc21. The lowest BCUT2D eigenvalue weighted by Gasteiger charge is -2.22. The number of carboxylic acid groups (broad SMARTS) is 2. The first-order valence-electron chi connectivity index (χ1n) is 9.87. The Morgan fingerprint density at radius 1 is 1.00 bits per heavy atom. The summed E-state index contributed by atoms with van der Waals surface area (Å²) in [5, 5.41) is 17.8. The molecule has 160 valence electrons. The van der Waals surface area contributed by atoms with E-state index in [4.69, 9.17) is 19.7 Å². The Morgan fingerprint density at radius 2 is 1.63 bits per heavy atom. The smallest absolute Gasteiger partial charge is 0.354 e. The van der Waals surface area contributed by atoms with Crippen LogP contribution in [0.5, 0.6) is 0 Å². The summed E-state index contributed by atoms with van der Waals surface area (Å²) in [7, 11) is 0. The Balaban J connectivity index is 0.000000171. The Kier molecular flexibility index (Phi) is 5.92. The summed E-state index contributed by atoms with van der Waals surface area (Å²) in [5.74, 6) is -1.99. The molecule has 0 amide bonds. The number of hydrogen-bond donors (Lipinski definition) is 2. The van der Waals surface area contributed by atoms with Crippen LogP contribution < -0.4 is 0 Å². The summed E-state index contributed by atoms with van der Waals surface area (Å²) in [4.78, 5) is 29.5. The van der Waals surface area contributed by atoms with Crippen molar-refractivity contribution < 1.29 is 29.3 Å². The van der Waals surface area contributed by atoms with E-state index in [1.54, 1.807) is 12.3 Å². The van der Waals surface area contributed by atoms with Crippen molar-refractivity contribution in [1.29, 1.82) is 0 Å². The fourth-order valence-electron chi connectivity index (χ4n) is 3.74. The van der Waals surface area contributed by atoms with Gasteiger partial charge in [-0.15, -0.1) is 0 Å². The lowest BCUT2D eigenvalue weighted by molar-refractivity contribution is -0.0262. The summed E-state index contributed by atoms with van der Waals surface area (Å²) in [5.41, 5.74) is 3.10. The van der Waals surface area contributed by atoms with Gasteiger partial charge in [-0.1, -0.05) is 13.8 Å². The average molecular weight is 414 g/mol. The third-order valence-electron chi connectivity index (χ3n) is 6.03. The van der Waals surface area contributed by atoms with Gasteiger partial charge >= 0.3 is 11.9 Å². The van der Waals surface area contributed by atoms with E-state index in [1.165, 1.54) is 6.20 Å². The average Bonchev–Trinajstić information content (AvgIpc) is 3.27. The first kappa shape index (κ1) is 21.9. The molecule has 0 aromatic carbocycles. The van der Waals surface area contributed by atoms with Crippen molar-refractivity contribution >= 4 is 11.9 Å². The quantitative estimate of drug-likeness (QED) is 0.774. The molecule has 2 atom stereocenters. The molecule has 0 spiro atoms. The molecule has 4 heterocycles. The summed E-state index contributed by atoms with van der Waals surface area (Å²) in [6.07, 6.45) is 4.77. The van der Waals surface area contributed by atoms with Crippen LogP contribution in [0.2, 0.25) is 0 Å². The minimum absolute atomic E-state index is 0.0823. The molecule has 0 fully saturated rings. The molecule has 2 aliphatic rings. The van der Waals surface area contributed by atoms with Crippen LogP contribution in [0, 0.1) is 0 Å². The zero-order chi connectivity index (χ0) is 22.1. The lowest BCUT2D eigenvalue weighted by atomic mass is 9.92. The minimum atomic E-state index is -0.997. The second kappa shape index (κ2) is 8.12. The highest BCUT2D eigenvalue weighted by Crippen LogP contribution is 2.40. The van der Waals surface area contributed by atoms with Gasteiger partial charge in [0.15, 0.2) is 5.69 Å². The number of ether oxygens (including phenoxy) is 2. The molecule has 0 saturated heterocycles. The molecule has 4 rings (SSSR count). The Hall–Kier alpha value is -2.84. The van der Waals surface area contributed by atoms with Crippen LogP contribution >= 0.6 is 0 Å². The molecule has 2 aromatic rings. The number of aromatic nitrogens is 2. The minimum Gasteiger partial charge on any atom is -0.477 e. The second-order valence-corrected chi connectivity index (χ2v) is 7.77. The normalized spacial score (nSPS) is 23.9. The van der Waals surface area contributed by atoms with E-state index in [2.05, 4.69) is 9.97 Å². The van der Waals surface area contributed by atoms with Crippen LogP contribution in [0.3, 0.4) is 0 Å². The number of nitrogens with zero attached hydrogens (tertiary/aromatic N) is 2.